The molecule has 3 nitrogen and oxygen atoms in total. The Kier molecular flexibility index (Phi) is 4.56. The Morgan fingerprint density at radius 3 is 2.50 bits per heavy atom. The third-order valence-electron chi connectivity index (χ3n) is 2.94. The van der Waals surface area contributed by atoms with Gasteiger partial charge in [0, 0.05) is 6.61 Å². The maximum Gasteiger partial charge on any atom is 0.123 e. The molecule has 1 heterocycles. The van der Waals surface area contributed by atoms with E-state index < -0.39 is 0 Å². The molecule has 2 atom stereocenters. The second kappa shape index (κ2) is 6.38. The molecular formula is C15H19NO2. The number of rotatable bonds is 6. The fraction of sp³-hybridized carbons (Fsp3) is 0.333. The van der Waals surface area contributed by atoms with Crippen LogP contribution < -0.4 is 5.32 Å². The predicted octanol–water partition coefficient (Wildman–Crippen LogP) is 3.32. The van der Waals surface area contributed by atoms with Crippen molar-refractivity contribution in [3.8, 4) is 0 Å². The minimum Gasteiger partial charge on any atom is -0.468 e. The molecule has 0 radical (unpaired) electrons. The number of benzene rings is 1. The van der Waals surface area contributed by atoms with Gasteiger partial charge >= 0.3 is 0 Å². The molecule has 2 unspecified atom stereocenters. The maximum atomic E-state index is 5.88. The molecule has 96 valence electrons. The van der Waals surface area contributed by atoms with Gasteiger partial charge in [0.05, 0.1) is 12.3 Å². The lowest BCUT2D eigenvalue weighted by Gasteiger charge is -2.25. The summed E-state index contributed by atoms with van der Waals surface area (Å²) in [6.07, 6.45) is 1.64. The van der Waals surface area contributed by atoms with Gasteiger partial charge in [-0.15, -0.1) is 0 Å². The first-order chi connectivity index (χ1) is 8.86. The van der Waals surface area contributed by atoms with Gasteiger partial charge in [-0.05, 0) is 31.7 Å². The largest absolute Gasteiger partial charge is 0.468 e. The van der Waals surface area contributed by atoms with Gasteiger partial charge in [-0.3, -0.25) is 0 Å². The minimum atomic E-state index is -0.0488. The molecule has 0 aliphatic carbocycles. The van der Waals surface area contributed by atoms with Crippen LogP contribution in [0.5, 0.6) is 0 Å². The zero-order valence-corrected chi connectivity index (χ0v) is 10.8. The molecule has 18 heavy (non-hydrogen) atoms. The van der Waals surface area contributed by atoms with Gasteiger partial charge < -0.3 is 14.5 Å². The highest BCUT2D eigenvalue weighted by atomic mass is 16.5. The molecule has 2 rings (SSSR count). The van der Waals surface area contributed by atoms with Gasteiger partial charge in [-0.1, -0.05) is 30.3 Å². The third-order valence-corrected chi connectivity index (χ3v) is 2.94. The standard InChI is InChI=1S/C15H19NO2/c1-3-17-15(12-8-5-4-6-9-12)14(16-2)13-10-7-11-18-13/h4-11,14-16H,3H2,1-2H3. The van der Waals surface area contributed by atoms with E-state index in [0.29, 0.717) is 6.61 Å². The lowest BCUT2D eigenvalue weighted by molar-refractivity contribution is 0.0290. The van der Waals surface area contributed by atoms with Crippen LogP contribution in [0.2, 0.25) is 0 Å². The van der Waals surface area contributed by atoms with Crippen molar-refractivity contribution in [2.45, 2.75) is 19.1 Å². The Labute approximate surface area is 108 Å². The molecule has 0 aliphatic heterocycles. The summed E-state index contributed by atoms with van der Waals surface area (Å²) in [5, 5.41) is 3.27. The summed E-state index contributed by atoms with van der Waals surface area (Å²) < 4.78 is 11.4. The van der Waals surface area contributed by atoms with Crippen molar-refractivity contribution in [1.29, 1.82) is 0 Å². The van der Waals surface area contributed by atoms with E-state index in [1.54, 1.807) is 6.26 Å². The summed E-state index contributed by atoms with van der Waals surface area (Å²) >= 11 is 0. The van der Waals surface area contributed by atoms with Gasteiger partial charge in [0.25, 0.3) is 0 Å². The molecule has 1 N–H and O–H groups in total. The van der Waals surface area contributed by atoms with Crippen molar-refractivity contribution in [3.05, 3.63) is 60.1 Å². The van der Waals surface area contributed by atoms with Gasteiger partial charge in [-0.25, -0.2) is 0 Å². The highest BCUT2D eigenvalue weighted by Gasteiger charge is 2.25. The van der Waals surface area contributed by atoms with Crippen LogP contribution in [0.3, 0.4) is 0 Å². The number of furan rings is 1. The average molecular weight is 245 g/mol. The van der Waals surface area contributed by atoms with E-state index in [4.69, 9.17) is 9.15 Å². The Bertz CT molecular complexity index is 439. The number of ether oxygens (including phenoxy) is 1. The molecular weight excluding hydrogens is 226 g/mol. The van der Waals surface area contributed by atoms with E-state index in [9.17, 15) is 0 Å². The predicted molar refractivity (Wildman–Crippen MR) is 71.3 cm³/mol. The van der Waals surface area contributed by atoms with Crippen molar-refractivity contribution < 1.29 is 9.15 Å². The molecule has 1 aromatic heterocycles. The molecule has 0 amide bonds. The summed E-state index contributed by atoms with van der Waals surface area (Å²) in [6, 6.07) is 14.1. The average Bonchev–Trinajstić information content (AvgIpc) is 2.94. The zero-order chi connectivity index (χ0) is 12.8. The van der Waals surface area contributed by atoms with Crippen LogP contribution in [0, 0.1) is 0 Å². The van der Waals surface area contributed by atoms with Crippen LogP contribution in [-0.4, -0.2) is 13.7 Å². The maximum absolute atomic E-state index is 5.88. The molecule has 3 heteroatoms. The molecule has 1 aromatic carbocycles. The number of hydrogen-bond acceptors (Lipinski definition) is 3. The van der Waals surface area contributed by atoms with Crippen molar-refractivity contribution in [2.75, 3.05) is 13.7 Å². The van der Waals surface area contributed by atoms with E-state index in [-0.39, 0.29) is 12.1 Å². The fourth-order valence-electron chi connectivity index (χ4n) is 2.12. The molecule has 0 saturated carbocycles. The van der Waals surface area contributed by atoms with Gasteiger partial charge in [0.2, 0.25) is 0 Å². The first-order valence-electron chi connectivity index (χ1n) is 6.24. The minimum absolute atomic E-state index is 0.0161. The lowest BCUT2D eigenvalue weighted by Crippen LogP contribution is -2.25. The van der Waals surface area contributed by atoms with Gasteiger partial charge in [0.1, 0.15) is 11.9 Å². The second-order valence-corrected chi connectivity index (χ2v) is 4.07. The van der Waals surface area contributed by atoms with Crippen molar-refractivity contribution in [3.63, 3.8) is 0 Å². The number of likely N-dealkylation sites (N-methyl/N-ethyl adjacent to an activating group) is 1. The summed E-state index contributed by atoms with van der Waals surface area (Å²) in [4.78, 5) is 0. The van der Waals surface area contributed by atoms with Crippen molar-refractivity contribution >= 4 is 0 Å². The lowest BCUT2D eigenvalue weighted by atomic mass is 10.0. The molecule has 0 bridgehead atoms. The number of hydrogen-bond donors (Lipinski definition) is 1. The summed E-state index contributed by atoms with van der Waals surface area (Å²) in [5.41, 5.74) is 1.15. The highest BCUT2D eigenvalue weighted by molar-refractivity contribution is 5.22. The third kappa shape index (κ3) is 2.81. The number of nitrogens with one attached hydrogen (secondary N) is 1. The first-order valence-corrected chi connectivity index (χ1v) is 6.24. The quantitative estimate of drug-likeness (QED) is 0.847. The highest BCUT2D eigenvalue weighted by Crippen LogP contribution is 2.31. The molecule has 0 saturated heterocycles. The van der Waals surface area contributed by atoms with Crippen molar-refractivity contribution in [2.24, 2.45) is 0 Å². The molecule has 2 aromatic rings. The van der Waals surface area contributed by atoms with Gasteiger partial charge in [0.15, 0.2) is 0 Å². The Morgan fingerprint density at radius 2 is 1.94 bits per heavy atom. The van der Waals surface area contributed by atoms with E-state index >= 15 is 0 Å². The van der Waals surface area contributed by atoms with Crippen LogP contribution in [0.25, 0.3) is 0 Å². The SMILES string of the molecule is CCOC(c1ccccc1)C(NC)c1ccco1. The molecule has 0 fully saturated rings. The first kappa shape index (κ1) is 12.9. The van der Waals surface area contributed by atoms with Crippen LogP contribution in [0.15, 0.2) is 53.1 Å². The Balaban J connectivity index is 2.28. The van der Waals surface area contributed by atoms with Crippen LogP contribution in [0.4, 0.5) is 0 Å². The summed E-state index contributed by atoms with van der Waals surface area (Å²) in [5.74, 6) is 0.889. The monoisotopic (exact) mass is 245 g/mol. The van der Waals surface area contributed by atoms with E-state index in [1.807, 2.05) is 44.3 Å². The summed E-state index contributed by atoms with van der Waals surface area (Å²) in [7, 11) is 1.92. The normalized spacial score (nSPS) is 14.3. The van der Waals surface area contributed by atoms with E-state index in [0.717, 1.165) is 11.3 Å². The Hall–Kier alpha value is -1.58. The van der Waals surface area contributed by atoms with E-state index in [1.165, 1.54) is 0 Å². The second-order valence-electron chi connectivity index (χ2n) is 4.07. The van der Waals surface area contributed by atoms with Crippen LogP contribution in [0.1, 0.15) is 30.4 Å². The van der Waals surface area contributed by atoms with E-state index in [2.05, 4.69) is 17.4 Å². The smallest absolute Gasteiger partial charge is 0.123 e. The molecule has 0 aliphatic rings. The van der Waals surface area contributed by atoms with Crippen LogP contribution >= 0.6 is 0 Å². The topological polar surface area (TPSA) is 34.4 Å². The summed E-state index contributed by atoms with van der Waals surface area (Å²) in [6.45, 7) is 2.67. The zero-order valence-electron chi connectivity index (χ0n) is 10.8. The fourth-order valence-corrected chi connectivity index (χ4v) is 2.12. The van der Waals surface area contributed by atoms with Crippen molar-refractivity contribution in [1.82, 2.24) is 5.32 Å². The van der Waals surface area contributed by atoms with Crippen LogP contribution in [-0.2, 0) is 4.74 Å². The molecule has 0 spiro atoms. The Morgan fingerprint density at radius 1 is 1.17 bits per heavy atom. The van der Waals surface area contributed by atoms with Gasteiger partial charge in [-0.2, -0.15) is 0 Å².